The van der Waals surface area contributed by atoms with Crippen molar-refractivity contribution in [2.75, 3.05) is 0 Å². The van der Waals surface area contributed by atoms with Crippen LogP contribution in [-0.2, 0) is 5.41 Å². The first-order valence-electron chi connectivity index (χ1n) is 19.6. The van der Waals surface area contributed by atoms with Gasteiger partial charge in [-0.15, -0.1) is 0 Å². The molecule has 0 atom stereocenters. The van der Waals surface area contributed by atoms with Crippen molar-refractivity contribution in [1.29, 1.82) is 5.41 Å². The molecular formula is C55H40N2. The van der Waals surface area contributed by atoms with Gasteiger partial charge >= 0.3 is 0 Å². The maximum atomic E-state index is 8.98. The van der Waals surface area contributed by atoms with Gasteiger partial charge in [0.05, 0.1) is 11.4 Å². The van der Waals surface area contributed by atoms with E-state index in [0.29, 0.717) is 5.71 Å². The summed E-state index contributed by atoms with van der Waals surface area (Å²) in [5.74, 6) is 0. The van der Waals surface area contributed by atoms with Crippen LogP contribution >= 0.6 is 0 Å². The minimum Gasteiger partial charge on any atom is -0.300 e. The zero-order valence-corrected chi connectivity index (χ0v) is 32.0. The number of benzene rings is 9. The van der Waals surface area contributed by atoms with Crippen molar-refractivity contribution in [2.45, 2.75) is 19.3 Å². The first-order valence-corrected chi connectivity index (χ1v) is 19.6. The Bertz CT molecular complexity index is 3090. The molecule has 0 spiro atoms. The maximum absolute atomic E-state index is 8.98. The molecule has 0 bridgehead atoms. The quantitative estimate of drug-likeness (QED) is 0.159. The van der Waals surface area contributed by atoms with Gasteiger partial charge < -0.3 is 5.41 Å². The SMILES string of the molecule is CC1(C)c2ccc(-c3ccc(-c4ccc(C=N/C(=C\C(=N)c5ccccc5)c5cccc6ccccc56)c5ccccc45)cc3)cc2-c2cc3ccccc3cc21. The molecule has 1 aliphatic rings. The van der Waals surface area contributed by atoms with E-state index in [2.05, 4.69) is 172 Å². The standard InChI is InChI=1S/C55H40N2/c1-55(2)51-30-28-42(32-49(51)50-31-40-16-6-7-17-41(40)33-52(50)55)36-23-25-38(26-24-36)46-29-27-43(45-20-10-11-21-47(45)46)35-57-54(34-53(56)39-14-4-3-5-15-39)48-22-12-18-37-13-8-9-19-44(37)48/h3-35,56H,1-2H3/b54-34-,56-53?,57-35?. The monoisotopic (exact) mass is 728 g/mol. The molecule has 0 aromatic heterocycles. The lowest BCUT2D eigenvalue weighted by atomic mass is 9.81. The number of aliphatic imine (C=N–C) groups is 1. The van der Waals surface area contributed by atoms with Crippen LogP contribution in [-0.4, -0.2) is 11.9 Å². The van der Waals surface area contributed by atoms with Gasteiger partial charge in [0.15, 0.2) is 0 Å². The van der Waals surface area contributed by atoms with Crippen molar-refractivity contribution in [1.82, 2.24) is 0 Å². The fourth-order valence-corrected chi connectivity index (χ4v) is 8.76. The number of fused-ring (bicyclic) bond motifs is 6. The van der Waals surface area contributed by atoms with Gasteiger partial charge in [-0.2, -0.15) is 0 Å². The number of allylic oxidation sites excluding steroid dienone is 1. The molecule has 9 aromatic carbocycles. The van der Waals surface area contributed by atoms with E-state index in [-0.39, 0.29) is 5.41 Å². The third-order valence-corrected chi connectivity index (χ3v) is 11.8. The molecule has 0 aliphatic heterocycles. The molecule has 10 rings (SSSR count). The van der Waals surface area contributed by atoms with Crippen molar-refractivity contribution in [3.63, 3.8) is 0 Å². The molecule has 0 saturated carbocycles. The van der Waals surface area contributed by atoms with Gasteiger partial charge in [0.2, 0.25) is 0 Å². The van der Waals surface area contributed by atoms with Crippen LogP contribution in [0.2, 0.25) is 0 Å². The maximum Gasteiger partial charge on any atom is 0.0729 e. The third kappa shape index (κ3) is 6.07. The molecule has 0 fully saturated rings. The van der Waals surface area contributed by atoms with Crippen molar-refractivity contribution < 1.29 is 0 Å². The van der Waals surface area contributed by atoms with Crippen LogP contribution in [0, 0.1) is 5.41 Å². The highest BCUT2D eigenvalue weighted by Gasteiger charge is 2.35. The Morgan fingerprint density at radius 3 is 1.88 bits per heavy atom. The van der Waals surface area contributed by atoms with Crippen molar-refractivity contribution >= 4 is 49.9 Å². The van der Waals surface area contributed by atoms with Crippen LogP contribution in [0.25, 0.3) is 71.4 Å². The predicted octanol–water partition coefficient (Wildman–Crippen LogP) is 14.3. The van der Waals surface area contributed by atoms with E-state index >= 15 is 0 Å². The van der Waals surface area contributed by atoms with E-state index < -0.39 is 0 Å². The fourth-order valence-electron chi connectivity index (χ4n) is 8.76. The van der Waals surface area contributed by atoms with E-state index in [0.717, 1.165) is 38.5 Å². The van der Waals surface area contributed by atoms with E-state index in [4.69, 9.17) is 10.4 Å². The highest BCUT2D eigenvalue weighted by molar-refractivity contribution is 6.13. The van der Waals surface area contributed by atoms with E-state index in [9.17, 15) is 0 Å². The average Bonchev–Trinajstić information content (AvgIpc) is 3.48. The van der Waals surface area contributed by atoms with Crippen LogP contribution in [0.1, 0.15) is 41.7 Å². The number of hydrogen-bond acceptors (Lipinski definition) is 2. The first-order chi connectivity index (χ1) is 27.9. The van der Waals surface area contributed by atoms with Crippen LogP contribution in [0.5, 0.6) is 0 Å². The van der Waals surface area contributed by atoms with Gasteiger partial charge in [0.25, 0.3) is 0 Å². The summed E-state index contributed by atoms with van der Waals surface area (Å²) in [6, 6.07) is 66.9. The molecule has 0 heterocycles. The average molecular weight is 729 g/mol. The number of nitrogens with one attached hydrogen (secondary N) is 1. The van der Waals surface area contributed by atoms with Crippen molar-refractivity contribution in [3.8, 4) is 33.4 Å². The molecule has 0 unspecified atom stereocenters. The topological polar surface area (TPSA) is 36.2 Å². The fraction of sp³-hybridized carbons (Fsp3) is 0.0545. The summed E-state index contributed by atoms with van der Waals surface area (Å²) in [4.78, 5) is 5.14. The molecule has 0 amide bonds. The van der Waals surface area contributed by atoms with E-state index in [1.807, 2.05) is 42.6 Å². The van der Waals surface area contributed by atoms with Crippen LogP contribution < -0.4 is 0 Å². The molecule has 2 heteroatoms. The van der Waals surface area contributed by atoms with Gasteiger partial charge in [-0.05, 0) is 107 Å². The van der Waals surface area contributed by atoms with E-state index in [1.54, 1.807) is 0 Å². The lowest BCUT2D eigenvalue weighted by Gasteiger charge is -2.22. The normalized spacial score (nSPS) is 13.3. The lowest BCUT2D eigenvalue weighted by Crippen LogP contribution is -2.14. The summed E-state index contributed by atoms with van der Waals surface area (Å²) in [6.45, 7) is 4.70. The van der Waals surface area contributed by atoms with E-state index in [1.165, 1.54) is 60.7 Å². The van der Waals surface area contributed by atoms with Gasteiger partial charge in [-0.3, -0.25) is 4.99 Å². The zero-order valence-electron chi connectivity index (χ0n) is 32.0. The molecule has 0 saturated heterocycles. The van der Waals surface area contributed by atoms with Crippen LogP contribution in [0.15, 0.2) is 199 Å². The van der Waals surface area contributed by atoms with Crippen molar-refractivity contribution in [2.24, 2.45) is 4.99 Å². The highest BCUT2D eigenvalue weighted by atomic mass is 14.7. The van der Waals surface area contributed by atoms with Gasteiger partial charge in [0, 0.05) is 22.8 Å². The van der Waals surface area contributed by atoms with Crippen LogP contribution in [0.3, 0.4) is 0 Å². The molecule has 1 aliphatic carbocycles. The second-order valence-electron chi connectivity index (χ2n) is 15.5. The lowest BCUT2D eigenvalue weighted by molar-refractivity contribution is 0.661. The smallest absolute Gasteiger partial charge is 0.0729 e. The Balaban J connectivity index is 0.997. The minimum atomic E-state index is -0.0477. The molecule has 57 heavy (non-hydrogen) atoms. The predicted molar refractivity (Wildman–Crippen MR) is 243 cm³/mol. The molecule has 270 valence electrons. The second-order valence-corrected chi connectivity index (χ2v) is 15.5. The van der Waals surface area contributed by atoms with Gasteiger partial charge in [0.1, 0.15) is 0 Å². The molecule has 0 radical (unpaired) electrons. The molecule has 1 N–H and O–H groups in total. The summed E-state index contributed by atoms with van der Waals surface area (Å²) >= 11 is 0. The molecular weight excluding hydrogens is 689 g/mol. The van der Waals surface area contributed by atoms with Crippen molar-refractivity contribution in [3.05, 3.63) is 222 Å². The Hall–Kier alpha value is -7.16. The van der Waals surface area contributed by atoms with Gasteiger partial charge in [-0.25, -0.2) is 0 Å². The van der Waals surface area contributed by atoms with Gasteiger partial charge in [-0.1, -0.05) is 184 Å². The number of hydrogen-bond donors (Lipinski definition) is 1. The number of rotatable bonds is 7. The summed E-state index contributed by atoms with van der Waals surface area (Å²) < 4.78 is 0. The number of nitrogens with zero attached hydrogens (tertiary/aromatic N) is 1. The largest absolute Gasteiger partial charge is 0.300 e. The molecule has 2 nitrogen and oxygen atoms in total. The minimum absolute atomic E-state index is 0.0477. The summed E-state index contributed by atoms with van der Waals surface area (Å²) in [5, 5.41) is 16.1. The Morgan fingerprint density at radius 2 is 1.09 bits per heavy atom. The summed E-state index contributed by atoms with van der Waals surface area (Å²) in [6.07, 6.45) is 3.84. The second kappa shape index (κ2) is 13.8. The third-order valence-electron chi connectivity index (χ3n) is 11.8. The zero-order chi connectivity index (χ0) is 38.5. The summed E-state index contributed by atoms with van der Waals surface area (Å²) in [7, 11) is 0. The Morgan fingerprint density at radius 1 is 0.474 bits per heavy atom. The Labute approximate surface area is 333 Å². The summed E-state index contributed by atoms with van der Waals surface area (Å²) in [5.41, 5.74) is 14.2. The molecule has 9 aromatic rings. The Kier molecular flexibility index (Phi) is 8.34. The first kappa shape index (κ1) is 34.3. The highest BCUT2D eigenvalue weighted by Crippen LogP contribution is 2.51. The van der Waals surface area contributed by atoms with Crippen LogP contribution in [0.4, 0.5) is 0 Å².